The molecule has 4 amide bonds. The fraction of sp³-hybridized carbons (Fsp3) is 0.200. The van der Waals surface area contributed by atoms with Gasteiger partial charge in [-0.05, 0) is 35.4 Å². The molecule has 0 spiro atoms. The Labute approximate surface area is 241 Å². The van der Waals surface area contributed by atoms with Crippen molar-refractivity contribution in [1.82, 2.24) is 21.3 Å². The Hall–Kier alpha value is -5.52. The van der Waals surface area contributed by atoms with Gasteiger partial charge in [0.1, 0.15) is 25.2 Å². The average Bonchev–Trinajstić information content (AvgIpc) is 2.99. The highest BCUT2D eigenvalue weighted by atomic mass is 16.4. The fourth-order valence-corrected chi connectivity index (χ4v) is 3.95. The zero-order valence-corrected chi connectivity index (χ0v) is 22.4. The molecule has 3 aromatic carbocycles. The lowest BCUT2D eigenvalue weighted by atomic mass is 10.0. The molecule has 3 aromatic rings. The molecule has 3 rings (SSSR count). The van der Waals surface area contributed by atoms with E-state index in [9.17, 15) is 28.8 Å². The van der Waals surface area contributed by atoms with Crippen LogP contribution in [0.3, 0.4) is 0 Å². The van der Waals surface area contributed by atoms with Crippen LogP contribution in [-0.2, 0) is 32.0 Å². The number of aliphatic carboxylic acids is 2. The summed E-state index contributed by atoms with van der Waals surface area (Å²) in [5.41, 5.74) is 1.77. The van der Waals surface area contributed by atoms with Gasteiger partial charge in [0, 0.05) is 24.0 Å². The van der Waals surface area contributed by atoms with Crippen LogP contribution in [0.15, 0.2) is 84.9 Å². The number of carboxylic acids is 2. The number of carbonyl (C=O) groups is 6. The summed E-state index contributed by atoms with van der Waals surface area (Å²) in [6.07, 6.45) is 0.233. The Morgan fingerprint density at radius 1 is 0.524 bits per heavy atom. The average molecular weight is 575 g/mol. The van der Waals surface area contributed by atoms with Gasteiger partial charge in [0.25, 0.3) is 11.8 Å². The third kappa shape index (κ3) is 9.90. The summed E-state index contributed by atoms with van der Waals surface area (Å²) in [4.78, 5) is 72.9. The molecule has 2 atom stereocenters. The molecule has 0 aromatic heterocycles. The molecule has 0 radical (unpaired) electrons. The number of carbonyl (C=O) groups excluding carboxylic acids is 4. The second-order valence-electron chi connectivity index (χ2n) is 9.23. The van der Waals surface area contributed by atoms with Crippen molar-refractivity contribution in [3.8, 4) is 0 Å². The zero-order chi connectivity index (χ0) is 30.5. The molecule has 0 aliphatic rings. The summed E-state index contributed by atoms with van der Waals surface area (Å²) in [7, 11) is 0. The lowest BCUT2D eigenvalue weighted by molar-refractivity contribution is -0.138. The van der Waals surface area contributed by atoms with Gasteiger partial charge in [-0.15, -0.1) is 0 Å². The van der Waals surface area contributed by atoms with Crippen LogP contribution in [0.1, 0.15) is 31.8 Å². The molecule has 6 N–H and O–H groups in total. The van der Waals surface area contributed by atoms with Gasteiger partial charge < -0.3 is 31.5 Å². The topological polar surface area (TPSA) is 191 Å². The molecule has 218 valence electrons. The third-order valence-corrected chi connectivity index (χ3v) is 6.05. The van der Waals surface area contributed by atoms with Crippen molar-refractivity contribution >= 4 is 35.6 Å². The predicted molar refractivity (Wildman–Crippen MR) is 151 cm³/mol. The minimum absolute atomic E-state index is 0.116. The van der Waals surface area contributed by atoms with Crippen molar-refractivity contribution < 1.29 is 39.0 Å². The van der Waals surface area contributed by atoms with Crippen LogP contribution >= 0.6 is 0 Å². The molecule has 0 saturated carbocycles. The first-order chi connectivity index (χ1) is 20.1. The predicted octanol–water partition coefficient (Wildman–Crippen LogP) is 0.770. The van der Waals surface area contributed by atoms with Crippen molar-refractivity contribution in [1.29, 1.82) is 0 Å². The number of benzene rings is 3. The quantitative estimate of drug-likeness (QED) is 0.163. The molecule has 0 bridgehead atoms. The molecule has 0 heterocycles. The van der Waals surface area contributed by atoms with Gasteiger partial charge in [-0.2, -0.15) is 0 Å². The minimum Gasteiger partial charge on any atom is -0.480 e. The molecule has 0 saturated heterocycles. The van der Waals surface area contributed by atoms with Gasteiger partial charge in [0.05, 0.1) is 0 Å². The number of hydrogen-bond donors (Lipinski definition) is 6. The maximum atomic E-state index is 13.0. The van der Waals surface area contributed by atoms with Crippen LogP contribution in [0.4, 0.5) is 0 Å². The van der Waals surface area contributed by atoms with Crippen molar-refractivity contribution in [2.45, 2.75) is 24.9 Å². The summed E-state index contributed by atoms with van der Waals surface area (Å²) in [5, 5.41) is 27.5. The molecule has 0 aliphatic heterocycles. The first-order valence-electron chi connectivity index (χ1n) is 12.9. The van der Waals surface area contributed by atoms with E-state index in [1.807, 2.05) is 0 Å². The van der Waals surface area contributed by atoms with E-state index in [0.717, 1.165) is 11.1 Å². The smallest absolute Gasteiger partial charge is 0.322 e. The molecular weight excluding hydrogens is 544 g/mol. The summed E-state index contributed by atoms with van der Waals surface area (Å²) in [6.45, 7) is -1.22. The van der Waals surface area contributed by atoms with E-state index in [4.69, 9.17) is 10.2 Å². The largest absolute Gasteiger partial charge is 0.480 e. The highest BCUT2D eigenvalue weighted by Gasteiger charge is 2.24. The number of nitrogens with one attached hydrogen (secondary N) is 4. The number of carboxylic acid groups (broad SMARTS) is 2. The van der Waals surface area contributed by atoms with Crippen molar-refractivity contribution in [2.24, 2.45) is 0 Å². The van der Waals surface area contributed by atoms with Crippen LogP contribution in [0.25, 0.3) is 0 Å². The Bertz CT molecular complexity index is 1300. The second kappa shape index (κ2) is 15.3. The van der Waals surface area contributed by atoms with Crippen LogP contribution in [-0.4, -0.2) is 71.0 Å². The highest BCUT2D eigenvalue weighted by Crippen LogP contribution is 2.10. The maximum Gasteiger partial charge on any atom is 0.322 e. The number of amides is 4. The summed E-state index contributed by atoms with van der Waals surface area (Å²) >= 11 is 0. The fourth-order valence-electron chi connectivity index (χ4n) is 3.95. The van der Waals surface area contributed by atoms with E-state index >= 15 is 0 Å². The standard InChI is InChI=1S/C30H30N4O8/c35-25(36)17-31-29(41)23(15-19-7-3-1-4-8-19)33-27(39)21-11-13-22(14-12-21)28(40)34-24(30(42)32-18-26(37)38)16-20-9-5-2-6-10-20/h1-14,23-24H,15-18H2,(H,31,41)(H,32,42)(H,33,39)(H,34,40)(H,35,36)(H,37,38)/t23-,24-/m0/s1. The van der Waals surface area contributed by atoms with E-state index in [2.05, 4.69) is 21.3 Å². The Morgan fingerprint density at radius 2 is 0.857 bits per heavy atom. The molecular formula is C30H30N4O8. The summed E-state index contributed by atoms with van der Waals surface area (Å²) < 4.78 is 0. The Balaban J connectivity index is 1.70. The van der Waals surface area contributed by atoms with Gasteiger partial charge in [0.2, 0.25) is 11.8 Å². The monoisotopic (exact) mass is 574 g/mol. The first-order valence-corrected chi connectivity index (χ1v) is 12.9. The van der Waals surface area contributed by atoms with Crippen molar-refractivity contribution in [3.05, 3.63) is 107 Å². The van der Waals surface area contributed by atoms with Gasteiger partial charge >= 0.3 is 11.9 Å². The SMILES string of the molecule is O=C(O)CNC(=O)[C@H](Cc1ccccc1)NC(=O)c1ccc(C(=O)N[C@@H](Cc2ccccc2)C(=O)NCC(=O)O)cc1. The van der Waals surface area contributed by atoms with Crippen LogP contribution < -0.4 is 21.3 Å². The first kappa shape index (κ1) is 31.0. The third-order valence-electron chi connectivity index (χ3n) is 6.05. The molecule has 12 heteroatoms. The summed E-state index contributed by atoms with van der Waals surface area (Å²) in [6, 6.07) is 21.1. The Kier molecular flexibility index (Phi) is 11.3. The normalized spacial score (nSPS) is 11.8. The second-order valence-corrected chi connectivity index (χ2v) is 9.23. The van der Waals surface area contributed by atoms with Gasteiger partial charge in [-0.25, -0.2) is 0 Å². The Morgan fingerprint density at radius 3 is 1.17 bits per heavy atom. The summed E-state index contributed by atoms with van der Waals surface area (Å²) in [5.74, 6) is -5.04. The van der Waals surface area contributed by atoms with Crippen LogP contribution in [0, 0.1) is 0 Å². The molecule has 42 heavy (non-hydrogen) atoms. The van der Waals surface area contributed by atoms with Crippen molar-refractivity contribution in [3.63, 3.8) is 0 Å². The number of hydrogen-bond acceptors (Lipinski definition) is 6. The molecule has 0 fully saturated rings. The van der Waals surface area contributed by atoms with Gasteiger partial charge in [-0.3, -0.25) is 28.8 Å². The highest BCUT2D eigenvalue weighted by molar-refractivity contribution is 6.01. The van der Waals surface area contributed by atoms with E-state index in [1.165, 1.54) is 24.3 Å². The minimum atomic E-state index is -1.23. The van der Waals surface area contributed by atoms with E-state index in [-0.39, 0.29) is 24.0 Å². The molecule has 0 aliphatic carbocycles. The van der Waals surface area contributed by atoms with E-state index in [1.54, 1.807) is 60.7 Å². The zero-order valence-electron chi connectivity index (χ0n) is 22.4. The van der Waals surface area contributed by atoms with Crippen molar-refractivity contribution in [2.75, 3.05) is 13.1 Å². The lowest BCUT2D eigenvalue weighted by Crippen LogP contribution is -2.49. The van der Waals surface area contributed by atoms with Crippen LogP contribution in [0.5, 0.6) is 0 Å². The van der Waals surface area contributed by atoms with Gasteiger partial charge in [-0.1, -0.05) is 60.7 Å². The van der Waals surface area contributed by atoms with Crippen LogP contribution in [0.2, 0.25) is 0 Å². The lowest BCUT2D eigenvalue weighted by Gasteiger charge is -2.19. The van der Waals surface area contributed by atoms with E-state index < -0.39 is 60.7 Å². The van der Waals surface area contributed by atoms with Gasteiger partial charge in [0.15, 0.2) is 0 Å². The molecule has 0 unspecified atom stereocenters. The molecule has 12 nitrogen and oxygen atoms in total. The maximum absolute atomic E-state index is 13.0. The number of rotatable bonds is 14. The van der Waals surface area contributed by atoms with E-state index in [0.29, 0.717) is 0 Å².